The van der Waals surface area contributed by atoms with E-state index in [2.05, 4.69) is 28.3 Å². The average molecular weight is 154 g/mol. The van der Waals surface area contributed by atoms with Crippen molar-refractivity contribution in [2.24, 2.45) is 0 Å². The Morgan fingerprint density at radius 3 is 1.90 bits per heavy atom. The summed E-state index contributed by atoms with van der Waals surface area (Å²) in [7, 11) is 2.69. The van der Waals surface area contributed by atoms with Crippen molar-refractivity contribution in [3.8, 4) is 0 Å². The fourth-order valence-corrected chi connectivity index (χ4v) is 0.794. The molecular formula is C9H15P. The Bertz CT molecular complexity index is 161. The molecule has 0 aliphatic carbocycles. The Balaban J connectivity index is 0.000000371. The summed E-state index contributed by atoms with van der Waals surface area (Å²) in [5, 5.41) is 1.28. The summed E-state index contributed by atoms with van der Waals surface area (Å²) in [6.07, 6.45) is 0. The van der Waals surface area contributed by atoms with Crippen LogP contribution in [0.25, 0.3) is 0 Å². The first-order valence-corrected chi connectivity index (χ1v) is 4.19. The molecule has 0 aliphatic heterocycles. The molecular weight excluding hydrogens is 139 g/mol. The van der Waals surface area contributed by atoms with E-state index >= 15 is 0 Å². The van der Waals surface area contributed by atoms with Crippen LogP contribution < -0.4 is 5.30 Å². The van der Waals surface area contributed by atoms with Gasteiger partial charge < -0.3 is 0 Å². The molecule has 0 amide bonds. The van der Waals surface area contributed by atoms with Gasteiger partial charge in [-0.15, -0.1) is 9.24 Å². The molecule has 0 nitrogen and oxygen atoms in total. The molecule has 56 valence electrons. The molecule has 0 heterocycles. The van der Waals surface area contributed by atoms with Gasteiger partial charge in [-0.1, -0.05) is 38.1 Å². The highest BCUT2D eigenvalue weighted by Gasteiger charge is 1.84. The summed E-state index contributed by atoms with van der Waals surface area (Å²) in [6, 6.07) is 8.26. The summed E-state index contributed by atoms with van der Waals surface area (Å²) in [5.74, 6) is 0. The van der Waals surface area contributed by atoms with Gasteiger partial charge in [0.1, 0.15) is 0 Å². The Kier molecular flexibility index (Phi) is 5.25. The second-order valence-electron chi connectivity index (χ2n) is 1.86. The SMILES string of the molecule is CC.Cc1ccccc1P. The van der Waals surface area contributed by atoms with Gasteiger partial charge in [-0.05, 0) is 17.8 Å². The van der Waals surface area contributed by atoms with Crippen LogP contribution in [0.1, 0.15) is 19.4 Å². The molecule has 0 saturated carbocycles. The zero-order chi connectivity index (χ0) is 7.98. The molecule has 0 bridgehead atoms. The van der Waals surface area contributed by atoms with Crippen LogP contribution in [-0.2, 0) is 0 Å². The molecule has 1 heteroatoms. The standard InChI is InChI=1S/C7H9P.C2H6/c1-6-4-2-3-5-7(6)8;1-2/h2-5H,8H2,1H3;1-2H3. The molecule has 1 aromatic rings. The number of aryl methyl sites for hydroxylation is 1. The van der Waals surface area contributed by atoms with Crippen molar-refractivity contribution in [3.63, 3.8) is 0 Å². The van der Waals surface area contributed by atoms with Gasteiger partial charge in [0.2, 0.25) is 0 Å². The zero-order valence-corrected chi connectivity index (χ0v) is 8.04. The van der Waals surface area contributed by atoms with Crippen molar-refractivity contribution in [2.45, 2.75) is 20.8 Å². The minimum atomic E-state index is 1.28. The fourth-order valence-electron chi connectivity index (χ4n) is 0.587. The van der Waals surface area contributed by atoms with Crippen molar-refractivity contribution in [1.82, 2.24) is 0 Å². The minimum absolute atomic E-state index is 1.28. The predicted molar refractivity (Wildman–Crippen MR) is 51.9 cm³/mol. The third-order valence-corrected chi connectivity index (χ3v) is 1.84. The quantitative estimate of drug-likeness (QED) is 0.504. The molecule has 1 unspecified atom stereocenters. The van der Waals surface area contributed by atoms with E-state index in [0.717, 1.165) is 0 Å². The summed E-state index contributed by atoms with van der Waals surface area (Å²) in [6.45, 7) is 6.10. The van der Waals surface area contributed by atoms with Crippen LogP contribution in [0.2, 0.25) is 0 Å². The lowest BCUT2D eigenvalue weighted by atomic mass is 10.2. The second-order valence-corrected chi connectivity index (χ2v) is 2.48. The average Bonchev–Trinajstić information content (AvgIpc) is 2.00. The molecule has 0 aliphatic rings. The molecule has 1 aromatic carbocycles. The molecule has 1 atom stereocenters. The van der Waals surface area contributed by atoms with E-state index in [-0.39, 0.29) is 0 Å². The number of rotatable bonds is 0. The fraction of sp³-hybridized carbons (Fsp3) is 0.333. The van der Waals surface area contributed by atoms with E-state index in [9.17, 15) is 0 Å². The van der Waals surface area contributed by atoms with Gasteiger partial charge in [0.05, 0.1) is 0 Å². The number of benzene rings is 1. The minimum Gasteiger partial charge on any atom is -0.105 e. The zero-order valence-electron chi connectivity index (χ0n) is 6.89. The van der Waals surface area contributed by atoms with E-state index in [0.29, 0.717) is 0 Å². The first-order valence-electron chi connectivity index (χ1n) is 3.62. The molecule has 0 spiro atoms. The molecule has 0 saturated heterocycles. The highest BCUT2D eigenvalue weighted by molar-refractivity contribution is 7.27. The molecule has 10 heavy (non-hydrogen) atoms. The largest absolute Gasteiger partial charge is 0.105 e. The van der Waals surface area contributed by atoms with Gasteiger partial charge in [0, 0.05) is 0 Å². The Hall–Kier alpha value is -0.350. The topological polar surface area (TPSA) is 0 Å². The Morgan fingerprint density at radius 2 is 1.60 bits per heavy atom. The van der Waals surface area contributed by atoms with Crippen molar-refractivity contribution < 1.29 is 0 Å². The van der Waals surface area contributed by atoms with Gasteiger partial charge in [-0.25, -0.2) is 0 Å². The second kappa shape index (κ2) is 5.44. The molecule has 1 rings (SSSR count). The van der Waals surface area contributed by atoms with Crippen LogP contribution in [-0.4, -0.2) is 0 Å². The highest BCUT2D eigenvalue weighted by atomic mass is 31.0. The van der Waals surface area contributed by atoms with E-state index in [4.69, 9.17) is 0 Å². The van der Waals surface area contributed by atoms with Crippen LogP contribution in [0.3, 0.4) is 0 Å². The van der Waals surface area contributed by atoms with Crippen molar-refractivity contribution in [1.29, 1.82) is 0 Å². The van der Waals surface area contributed by atoms with Crippen molar-refractivity contribution in [2.75, 3.05) is 0 Å². The third kappa shape index (κ3) is 2.98. The first kappa shape index (κ1) is 9.65. The van der Waals surface area contributed by atoms with Gasteiger partial charge in [0.25, 0.3) is 0 Å². The smallest absolute Gasteiger partial charge is 0.0274 e. The monoisotopic (exact) mass is 154 g/mol. The number of hydrogen-bond donors (Lipinski definition) is 0. The Morgan fingerprint density at radius 1 is 1.10 bits per heavy atom. The molecule has 0 aromatic heterocycles. The van der Waals surface area contributed by atoms with Crippen molar-refractivity contribution in [3.05, 3.63) is 29.8 Å². The lowest BCUT2D eigenvalue weighted by Crippen LogP contribution is -1.92. The van der Waals surface area contributed by atoms with E-state index in [1.807, 2.05) is 26.0 Å². The van der Waals surface area contributed by atoms with E-state index < -0.39 is 0 Å². The number of hydrogen-bond acceptors (Lipinski definition) is 0. The lowest BCUT2D eigenvalue weighted by molar-refractivity contribution is 1.50. The summed E-state index contributed by atoms with van der Waals surface area (Å²) < 4.78 is 0. The maximum atomic E-state index is 2.69. The maximum absolute atomic E-state index is 2.69. The van der Waals surface area contributed by atoms with Crippen molar-refractivity contribution >= 4 is 14.5 Å². The Labute approximate surface area is 65.9 Å². The normalized spacial score (nSPS) is 8.00. The van der Waals surface area contributed by atoms with Crippen LogP contribution in [0.4, 0.5) is 0 Å². The molecule has 0 fully saturated rings. The van der Waals surface area contributed by atoms with Crippen LogP contribution in [0.5, 0.6) is 0 Å². The molecule has 0 N–H and O–H groups in total. The first-order chi connectivity index (χ1) is 4.80. The van der Waals surface area contributed by atoms with Gasteiger partial charge in [-0.3, -0.25) is 0 Å². The highest BCUT2D eigenvalue weighted by Crippen LogP contribution is 1.96. The van der Waals surface area contributed by atoms with Crippen LogP contribution >= 0.6 is 9.24 Å². The summed E-state index contributed by atoms with van der Waals surface area (Å²) in [4.78, 5) is 0. The maximum Gasteiger partial charge on any atom is -0.0274 e. The lowest BCUT2D eigenvalue weighted by Gasteiger charge is -1.93. The van der Waals surface area contributed by atoms with Crippen LogP contribution in [0.15, 0.2) is 24.3 Å². The van der Waals surface area contributed by atoms with Gasteiger partial charge >= 0.3 is 0 Å². The van der Waals surface area contributed by atoms with E-state index in [1.165, 1.54) is 10.9 Å². The molecule has 0 radical (unpaired) electrons. The van der Waals surface area contributed by atoms with Gasteiger partial charge in [0.15, 0.2) is 0 Å². The van der Waals surface area contributed by atoms with Crippen LogP contribution in [0, 0.1) is 6.92 Å². The predicted octanol–water partition coefficient (Wildman–Crippen LogP) is 2.52. The van der Waals surface area contributed by atoms with Gasteiger partial charge in [-0.2, -0.15) is 0 Å². The third-order valence-electron chi connectivity index (χ3n) is 1.19. The summed E-state index contributed by atoms with van der Waals surface area (Å²) in [5.41, 5.74) is 1.33. The summed E-state index contributed by atoms with van der Waals surface area (Å²) >= 11 is 0. The van der Waals surface area contributed by atoms with E-state index in [1.54, 1.807) is 0 Å².